The van der Waals surface area contributed by atoms with Crippen LogP contribution in [0, 0.1) is 0 Å². The average Bonchev–Trinajstić information content (AvgIpc) is 2.37. The molecule has 1 saturated heterocycles. The van der Waals surface area contributed by atoms with E-state index in [4.69, 9.17) is 0 Å². The Kier molecular flexibility index (Phi) is 5.30. The summed E-state index contributed by atoms with van der Waals surface area (Å²) in [4.78, 5) is 17.0. The van der Waals surface area contributed by atoms with E-state index in [1.807, 2.05) is 0 Å². The number of carbonyl (C=O) groups is 1. The largest absolute Gasteiger partial charge is 0.334 e. The molecule has 0 bridgehead atoms. The van der Waals surface area contributed by atoms with Gasteiger partial charge in [-0.3, -0.25) is 4.79 Å². The van der Waals surface area contributed by atoms with Crippen molar-refractivity contribution in [2.75, 3.05) is 38.7 Å². The lowest BCUT2D eigenvalue weighted by atomic mass is 9.78. The highest BCUT2D eigenvalue weighted by atomic mass is 32.2. The molecule has 1 saturated carbocycles. The van der Waals surface area contributed by atoms with Crippen LogP contribution in [-0.4, -0.2) is 68.4 Å². The summed E-state index contributed by atoms with van der Waals surface area (Å²) < 4.78 is 22.4. The number of hydrogen-bond donors (Lipinski definition) is 0. The predicted octanol–water partition coefficient (Wildman–Crippen LogP) is 1.29. The van der Waals surface area contributed by atoms with E-state index in [0.717, 1.165) is 32.5 Å². The molecule has 0 aromatic carbocycles. The van der Waals surface area contributed by atoms with Crippen molar-refractivity contribution in [2.45, 2.75) is 50.5 Å². The van der Waals surface area contributed by atoms with E-state index in [9.17, 15) is 13.2 Å². The van der Waals surface area contributed by atoms with E-state index in [1.54, 1.807) is 0 Å². The molecule has 21 heavy (non-hydrogen) atoms. The van der Waals surface area contributed by atoms with E-state index in [2.05, 4.69) is 16.8 Å². The fourth-order valence-corrected chi connectivity index (χ4v) is 4.49. The third kappa shape index (κ3) is 4.42. The molecular formula is C15H28N2O3S. The molecule has 122 valence electrons. The van der Waals surface area contributed by atoms with E-state index >= 15 is 0 Å². The number of likely N-dealkylation sites (N-methyl/N-ethyl adjacent to an activating group) is 1. The fourth-order valence-electron chi connectivity index (χ4n) is 3.82. The zero-order valence-corrected chi connectivity index (χ0v) is 14.1. The van der Waals surface area contributed by atoms with Crippen molar-refractivity contribution in [1.29, 1.82) is 0 Å². The van der Waals surface area contributed by atoms with Crippen LogP contribution in [0.3, 0.4) is 0 Å². The first-order valence-electron chi connectivity index (χ1n) is 7.99. The molecule has 2 rings (SSSR count). The zero-order valence-electron chi connectivity index (χ0n) is 13.3. The topological polar surface area (TPSA) is 57.7 Å². The molecule has 0 radical (unpaired) electrons. The molecule has 5 nitrogen and oxygen atoms in total. The van der Waals surface area contributed by atoms with Gasteiger partial charge in [0.25, 0.3) is 0 Å². The Bertz CT molecular complexity index is 469. The molecule has 1 spiro atoms. The second-order valence-electron chi connectivity index (χ2n) is 6.80. The summed E-state index contributed by atoms with van der Waals surface area (Å²) in [5.41, 5.74) is 0.00736. The Morgan fingerprint density at radius 1 is 1.14 bits per heavy atom. The molecule has 1 aliphatic carbocycles. The number of rotatable bonds is 4. The smallest absolute Gasteiger partial charge is 0.223 e. The van der Waals surface area contributed by atoms with Crippen LogP contribution in [0.1, 0.15) is 44.9 Å². The molecule has 0 atom stereocenters. The Morgan fingerprint density at radius 2 is 1.81 bits per heavy atom. The van der Waals surface area contributed by atoms with E-state index in [1.165, 1.54) is 25.5 Å². The van der Waals surface area contributed by atoms with Crippen molar-refractivity contribution < 1.29 is 13.2 Å². The molecule has 1 aliphatic heterocycles. The first-order chi connectivity index (χ1) is 9.82. The van der Waals surface area contributed by atoms with Crippen molar-refractivity contribution in [1.82, 2.24) is 9.80 Å². The minimum atomic E-state index is -2.97. The van der Waals surface area contributed by atoms with Gasteiger partial charge in [-0.15, -0.1) is 0 Å². The normalized spacial score (nSPS) is 23.4. The standard InChI is InChI=1S/C15H28N2O3S/c1-16-10-11-17(14(18)7-6-12-21(2,19)20)15(13-16)8-4-3-5-9-15/h3-13H2,1-2H3. The van der Waals surface area contributed by atoms with Crippen molar-refractivity contribution >= 4 is 15.7 Å². The molecule has 2 aliphatic rings. The van der Waals surface area contributed by atoms with Gasteiger partial charge in [-0.25, -0.2) is 8.42 Å². The maximum Gasteiger partial charge on any atom is 0.223 e. The third-order valence-electron chi connectivity index (χ3n) is 4.83. The lowest BCUT2D eigenvalue weighted by Crippen LogP contribution is -2.63. The molecule has 2 fully saturated rings. The van der Waals surface area contributed by atoms with Gasteiger partial charge in [0.2, 0.25) is 5.91 Å². The summed E-state index contributed by atoms with van der Waals surface area (Å²) in [7, 11) is -0.845. The van der Waals surface area contributed by atoms with Gasteiger partial charge < -0.3 is 9.80 Å². The van der Waals surface area contributed by atoms with Crippen LogP contribution in [-0.2, 0) is 14.6 Å². The summed E-state index contributed by atoms with van der Waals surface area (Å²) in [6.07, 6.45) is 7.88. The molecule has 0 aromatic heterocycles. The van der Waals surface area contributed by atoms with Crippen LogP contribution in [0.5, 0.6) is 0 Å². The second kappa shape index (κ2) is 6.65. The minimum Gasteiger partial charge on any atom is -0.334 e. The third-order valence-corrected chi connectivity index (χ3v) is 5.86. The van der Waals surface area contributed by atoms with Crippen LogP contribution in [0.25, 0.3) is 0 Å². The van der Waals surface area contributed by atoms with Crippen LogP contribution in [0.2, 0.25) is 0 Å². The van der Waals surface area contributed by atoms with Crippen molar-refractivity contribution in [3.05, 3.63) is 0 Å². The van der Waals surface area contributed by atoms with Crippen molar-refractivity contribution in [2.24, 2.45) is 0 Å². The van der Waals surface area contributed by atoms with Crippen molar-refractivity contribution in [3.63, 3.8) is 0 Å². The van der Waals surface area contributed by atoms with Crippen LogP contribution < -0.4 is 0 Å². The highest BCUT2D eigenvalue weighted by Gasteiger charge is 2.43. The number of sulfone groups is 1. The fraction of sp³-hybridized carbons (Fsp3) is 0.933. The molecule has 1 heterocycles. The lowest BCUT2D eigenvalue weighted by molar-refractivity contribution is -0.144. The van der Waals surface area contributed by atoms with Gasteiger partial charge in [-0.05, 0) is 26.3 Å². The van der Waals surface area contributed by atoms with E-state index in [-0.39, 0.29) is 17.2 Å². The quantitative estimate of drug-likeness (QED) is 0.784. The highest BCUT2D eigenvalue weighted by Crippen LogP contribution is 2.36. The van der Waals surface area contributed by atoms with Gasteiger partial charge in [0.1, 0.15) is 9.84 Å². The Balaban J connectivity index is 1.99. The van der Waals surface area contributed by atoms with Crippen LogP contribution in [0.15, 0.2) is 0 Å². The summed E-state index contributed by atoms with van der Waals surface area (Å²) in [5, 5.41) is 0. The van der Waals surface area contributed by atoms with E-state index < -0.39 is 9.84 Å². The van der Waals surface area contributed by atoms with Gasteiger partial charge in [-0.1, -0.05) is 19.3 Å². The molecule has 0 aromatic rings. The molecule has 0 N–H and O–H groups in total. The molecule has 1 amide bonds. The second-order valence-corrected chi connectivity index (χ2v) is 9.06. The number of carbonyl (C=O) groups excluding carboxylic acids is 1. The van der Waals surface area contributed by atoms with Gasteiger partial charge in [-0.2, -0.15) is 0 Å². The lowest BCUT2D eigenvalue weighted by Gasteiger charge is -2.52. The van der Waals surface area contributed by atoms with Gasteiger partial charge in [0.15, 0.2) is 0 Å². The summed E-state index contributed by atoms with van der Waals surface area (Å²) >= 11 is 0. The van der Waals surface area contributed by atoms with E-state index in [0.29, 0.717) is 12.8 Å². The van der Waals surface area contributed by atoms with Crippen LogP contribution >= 0.6 is 0 Å². The number of nitrogens with zero attached hydrogens (tertiary/aromatic N) is 2. The first-order valence-corrected chi connectivity index (χ1v) is 10.1. The Hall–Kier alpha value is -0.620. The molecular weight excluding hydrogens is 288 g/mol. The number of amides is 1. The average molecular weight is 316 g/mol. The summed E-state index contributed by atoms with van der Waals surface area (Å²) in [5.74, 6) is 0.257. The monoisotopic (exact) mass is 316 g/mol. The Morgan fingerprint density at radius 3 is 2.43 bits per heavy atom. The van der Waals surface area contributed by atoms with Crippen molar-refractivity contribution in [3.8, 4) is 0 Å². The first kappa shape index (κ1) is 16.7. The van der Waals surface area contributed by atoms with Gasteiger partial charge in [0.05, 0.1) is 11.3 Å². The predicted molar refractivity (Wildman–Crippen MR) is 84.0 cm³/mol. The number of hydrogen-bond acceptors (Lipinski definition) is 4. The summed E-state index contributed by atoms with van der Waals surface area (Å²) in [6.45, 7) is 2.67. The number of piperazine rings is 1. The maximum absolute atomic E-state index is 12.6. The molecule has 0 unspecified atom stereocenters. The maximum atomic E-state index is 12.6. The van der Waals surface area contributed by atoms with Crippen LogP contribution in [0.4, 0.5) is 0 Å². The van der Waals surface area contributed by atoms with Gasteiger partial charge >= 0.3 is 0 Å². The Labute approximate surface area is 128 Å². The van der Waals surface area contributed by atoms with Gasteiger partial charge in [0, 0.05) is 32.3 Å². The minimum absolute atomic E-state index is 0.00736. The summed E-state index contributed by atoms with van der Waals surface area (Å²) in [6, 6.07) is 0. The molecule has 6 heteroatoms. The zero-order chi connectivity index (χ0) is 15.5. The SMILES string of the molecule is CN1CCN(C(=O)CCCS(C)(=O)=O)C2(CCCCC2)C1. The highest BCUT2D eigenvalue weighted by molar-refractivity contribution is 7.90.